The molecule has 1 atom stereocenters. The number of hydrogen-bond donors (Lipinski definition) is 2. The average Bonchev–Trinajstić information content (AvgIpc) is 2.26. The summed E-state index contributed by atoms with van der Waals surface area (Å²) >= 11 is 0. The highest BCUT2D eigenvalue weighted by molar-refractivity contribution is 5.37. The molecule has 0 bridgehead atoms. The fourth-order valence-corrected chi connectivity index (χ4v) is 2.04. The molecule has 4 heteroatoms. The van der Waals surface area contributed by atoms with Crippen LogP contribution in [0.15, 0.2) is 12.1 Å². The number of benzene rings is 1. The largest absolute Gasteiger partial charge is 0.508 e. The van der Waals surface area contributed by atoms with E-state index >= 15 is 0 Å². The van der Waals surface area contributed by atoms with Crippen LogP contribution in [0.5, 0.6) is 5.75 Å². The highest BCUT2D eigenvalue weighted by Crippen LogP contribution is 2.33. The zero-order chi connectivity index (χ0) is 10.8. The molecule has 1 heterocycles. The van der Waals surface area contributed by atoms with Crippen molar-refractivity contribution in [3.8, 4) is 5.75 Å². The molecular weight excluding hydrogens is 200 g/mol. The minimum absolute atomic E-state index is 0.113. The number of halogens is 2. The summed E-state index contributed by atoms with van der Waals surface area (Å²) in [6.07, 6.45) is 1.70. The first-order valence-electron chi connectivity index (χ1n) is 5.07. The zero-order valence-corrected chi connectivity index (χ0v) is 8.26. The normalized spacial score (nSPS) is 21.6. The third-order valence-electron chi connectivity index (χ3n) is 2.81. The molecule has 1 aromatic carbocycles. The first kappa shape index (κ1) is 10.4. The molecule has 0 amide bonds. The molecule has 1 saturated heterocycles. The van der Waals surface area contributed by atoms with Gasteiger partial charge in [0, 0.05) is 18.0 Å². The highest BCUT2D eigenvalue weighted by Gasteiger charge is 2.23. The summed E-state index contributed by atoms with van der Waals surface area (Å²) in [4.78, 5) is 0. The van der Waals surface area contributed by atoms with Crippen molar-refractivity contribution in [1.82, 2.24) is 5.32 Å². The van der Waals surface area contributed by atoms with E-state index in [4.69, 9.17) is 0 Å². The van der Waals surface area contributed by atoms with Crippen LogP contribution in [0.2, 0.25) is 0 Å². The lowest BCUT2D eigenvalue weighted by atomic mass is 9.90. The molecule has 0 saturated carbocycles. The predicted octanol–water partition coefficient (Wildman–Crippen LogP) is 2.14. The number of hydrogen-bond acceptors (Lipinski definition) is 2. The van der Waals surface area contributed by atoms with Gasteiger partial charge < -0.3 is 10.4 Å². The smallest absolute Gasteiger partial charge is 0.166 e. The van der Waals surface area contributed by atoms with Gasteiger partial charge in [0.15, 0.2) is 11.6 Å². The Morgan fingerprint density at radius 2 is 2.13 bits per heavy atom. The molecule has 0 radical (unpaired) electrons. The summed E-state index contributed by atoms with van der Waals surface area (Å²) in [5.74, 6) is -2.09. The van der Waals surface area contributed by atoms with Gasteiger partial charge in [-0.05, 0) is 31.5 Å². The van der Waals surface area contributed by atoms with Gasteiger partial charge in [-0.25, -0.2) is 8.78 Å². The Kier molecular flexibility index (Phi) is 2.86. The topological polar surface area (TPSA) is 32.3 Å². The second-order valence-electron chi connectivity index (χ2n) is 3.84. The molecular formula is C11H13F2NO. The van der Waals surface area contributed by atoms with Gasteiger partial charge in [-0.1, -0.05) is 0 Å². The Morgan fingerprint density at radius 3 is 2.80 bits per heavy atom. The molecule has 0 aliphatic carbocycles. The summed E-state index contributed by atoms with van der Waals surface area (Å²) in [5, 5.41) is 12.6. The monoisotopic (exact) mass is 213 g/mol. The molecule has 0 spiro atoms. The lowest BCUT2D eigenvalue weighted by Gasteiger charge is -2.24. The Morgan fingerprint density at radius 1 is 1.33 bits per heavy atom. The summed E-state index contributed by atoms with van der Waals surface area (Å²) in [6.45, 7) is 1.49. The number of piperidine rings is 1. The van der Waals surface area contributed by atoms with Crippen molar-refractivity contribution in [1.29, 1.82) is 0 Å². The second kappa shape index (κ2) is 4.14. The van der Waals surface area contributed by atoms with E-state index in [2.05, 4.69) is 5.32 Å². The molecule has 1 aliphatic rings. The number of phenolic OH excluding ortho intramolecular Hbond substituents is 1. The summed E-state index contributed by atoms with van der Waals surface area (Å²) < 4.78 is 26.5. The maximum Gasteiger partial charge on any atom is 0.166 e. The standard InChI is InChI=1S/C11H13F2NO/c12-8-3-4-9(15)10(11(8)13)7-2-1-5-14-6-7/h3-4,7,14-15H,1-2,5-6H2. The van der Waals surface area contributed by atoms with Crippen LogP contribution in [0.3, 0.4) is 0 Å². The Labute approximate surface area is 86.9 Å². The number of phenols is 1. The minimum Gasteiger partial charge on any atom is -0.508 e. The maximum absolute atomic E-state index is 13.5. The van der Waals surface area contributed by atoms with Crippen molar-refractivity contribution >= 4 is 0 Å². The van der Waals surface area contributed by atoms with E-state index in [1.165, 1.54) is 6.07 Å². The molecule has 2 rings (SSSR count). The van der Waals surface area contributed by atoms with Crippen molar-refractivity contribution < 1.29 is 13.9 Å². The minimum atomic E-state index is -0.913. The van der Waals surface area contributed by atoms with E-state index in [1.807, 2.05) is 0 Å². The lowest BCUT2D eigenvalue weighted by Crippen LogP contribution is -2.29. The van der Waals surface area contributed by atoms with Crippen LogP contribution in [0.25, 0.3) is 0 Å². The van der Waals surface area contributed by atoms with Gasteiger partial charge in [0.1, 0.15) is 5.75 Å². The van der Waals surface area contributed by atoms with Crippen molar-refractivity contribution in [3.63, 3.8) is 0 Å². The molecule has 1 aromatic rings. The van der Waals surface area contributed by atoms with Crippen molar-refractivity contribution in [3.05, 3.63) is 29.3 Å². The van der Waals surface area contributed by atoms with Crippen molar-refractivity contribution in [2.75, 3.05) is 13.1 Å². The van der Waals surface area contributed by atoms with E-state index in [9.17, 15) is 13.9 Å². The van der Waals surface area contributed by atoms with Crippen LogP contribution in [0.4, 0.5) is 8.78 Å². The van der Waals surface area contributed by atoms with Gasteiger partial charge in [-0.3, -0.25) is 0 Å². The number of aromatic hydroxyl groups is 1. The van der Waals surface area contributed by atoms with E-state index in [1.54, 1.807) is 0 Å². The van der Waals surface area contributed by atoms with Gasteiger partial charge in [0.05, 0.1) is 0 Å². The third-order valence-corrected chi connectivity index (χ3v) is 2.81. The average molecular weight is 213 g/mol. The van der Waals surface area contributed by atoms with Crippen LogP contribution >= 0.6 is 0 Å². The summed E-state index contributed by atoms with van der Waals surface area (Å²) in [7, 11) is 0. The van der Waals surface area contributed by atoms with E-state index in [-0.39, 0.29) is 17.2 Å². The van der Waals surface area contributed by atoms with Gasteiger partial charge in [0.2, 0.25) is 0 Å². The lowest BCUT2D eigenvalue weighted by molar-refractivity contribution is 0.397. The van der Waals surface area contributed by atoms with Crippen LogP contribution in [0, 0.1) is 11.6 Å². The second-order valence-corrected chi connectivity index (χ2v) is 3.84. The first-order chi connectivity index (χ1) is 7.20. The van der Waals surface area contributed by atoms with E-state index in [0.717, 1.165) is 25.5 Å². The van der Waals surface area contributed by atoms with Crippen LogP contribution in [-0.2, 0) is 0 Å². The Balaban J connectivity index is 2.36. The number of nitrogens with one attached hydrogen (secondary N) is 1. The third kappa shape index (κ3) is 1.95. The van der Waals surface area contributed by atoms with Crippen LogP contribution < -0.4 is 5.32 Å². The summed E-state index contributed by atoms with van der Waals surface area (Å²) in [5.41, 5.74) is 0.113. The molecule has 2 N–H and O–H groups in total. The molecule has 0 aromatic heterocycles. The molecule has 15 heavy (non-hydrogen) atoms. The van der Waals surface area contributed by atoms with Gasteiger partial charge in [-0.2, -0.15) is 0 Å². The van der Waals surface area contributed by atoms with E-state index in [0.29, 0.717) is 6.54 Å². The first-order valence-corrected chi connectivity index (χ1v) is 5.07. The van der Waals surface area contributed by atoms with Crippen LogP contribution in [0.1, 0.15) is 24.3 Å². The Bertz CT molecular complexity index is 362. The van der Waals surface area contributed by atoms with Crippen LogP contribution in [-0.4, -0.2) is 18.2 Å². The highest BCUT2D eigenvalue weighted by atomic mass is 19.2. The molecule has 1 aliphatic heterocycles. The fourth-order valence-electron chi connectivity index (χ4n) is 2.04. The zero-order valence-electron chi connectivity index (χ0n) is 8.26. The Hall–Kier alpha value is -1.16. The molecule has 1 fully saturated rings. The molecule has 82 valence electrons. The van der Waals surface area contributed by atoms with Gasteiger partial charge >= 0.3 is 0 Å². The summed E-state index contributed by atoms with van der Waals surface area (Å²) in [6, 6.07) is 2.16. The quantitative estimate of drug-likeness (QED) is 0.749. The number of rotatable bonds is 1. The fraction of sp³-hybridized carbons (Fsp3) is 0.455. The van der Waals surface area contributed by atoms with Crippen molar-refractivity contribution in [2.24, 2.45) is 0 Å². The predicted molar refractivity (Wildman–Crippen MR) is 52.9 cm³/mol. The van der Waals surface area contributed by atoms with Gasteiger partial charge in [-0.15, -0.1) is 0 Å². The SMILES string of the molecule is Oc1ccc(F)c(F)c1C1CCCNC1. The maximum atomic E-state index is 13.5. The van der Waals surface area contributed by atoms with Gasteiger partial charge in [0.25, 0.3) is 0 Å². The molecule has 2 nitrogen and oxygen atoms in total. The van der Waals surface area contributed by atoms with Crippen molar-refractivity contribution in [2.45, 2.75) is 18.8 Å². The van der Waals surface area contributed by atoms with E-state index < -0.39 is 11.6 Å². The molecule has 1 unspecified atom stereocenters.